The van der Waals surface area contributed by atoms with E-state index in [1.54, 1.807) is 17.5 Å². The quantitative estimate of drug-likeness (QED) is 0.599. The molecule has 0 aliphatic rings. The van der Waals surface area contributed by atoms with Gasteiger partial charge in [-0.25, -0.2) is 4.98 Å². The first kappa shape index (κ1) is 19.4. The maximum Gasteiger partial charge on any atom is 0.433 e. The number of benzene rings is 1. The highest BCUT2D eigenvalue weighted by atomic mass is 35.5. The van der Waals surface area contributed by atoms with Crippen molar-refractivity contribution < 1.29 is 27.8 Å². The number of pyridine rings is 1. The fourth-order valence-corrected chi connectivity index (χ4v) is 3.99. The van der Waals surface area contributed by atoms with E-state index in [9.17, 15) is 18.0 Å². The van der Waals surface area contributed by atoms with Gasteiger partial charge in [0.1, 0.15) is 18.1 Å². The van der Waals surface area contributed by atoms with E-state index in [0.717, 1.165) is 10.8 Å². The number of carboxylic acids is 1. The van der Waals surface area contributed by atoms with Gasteiger partial charge in [0.05, 0.1) is 11.4 Å². The second kappa shape index (κ2) is 7.36. The van der Waals surface area contributed by atoms with Crippen LogP contribution in [0.25, 0.3) is 10.1 Å². The van der Waals surface area contributed by atoms with Crippen molar-refractivity contribution in [2.24, 2.45) is 0 Å². The van der Waals surface area contributed by atoms with Gasteiger partial charge in [-0.3, -0.25) is 4.79 Å². The van der Waals surface area contributed by atoms with E-state index < -0.39 is 17.8 Å². The molecule has 0 aliphatic heterocycles. The minimum absolute atomic E-state index is 0.0339. The molecule has 2 heterocycles. The predicted octanol–water partition coefficient (Wildman–Crippen LogP) is 5.48. The average molecular weight is 416 g/mol. The molecule has 0 aliphatic carbocycles. The summed E-state index contributed by atoms with van der Waals surface area (Å²) in [5.74, 6) is -0.508. The van der Waals surface area contributed by atoms with Crippen molar-refractivity contribution in [2.45, 2.75) is 26.1 Å². The van der Waals surface area contributed by atoms with Crippen LogP contribution in [0, 0.1) is 6.92 Å². The second-order valence-corrected chi connectivity index (χ2v) is 7.16. The van der Waals surface area contributed by atoms with Crippen LogP contribution < -0.4 is 4.74 Å². The molecule has 0 saturated heterocycles. The maximum absolute atomic E-state index is 12.7. The Morgan fingerprint density at radius 2 is 2.04 bits per heavy atom. The van der Waals surface area contributed by atoms with Crippen LogP contribution in [0.1, 0.15) is 22.5 Å². The summed E-state index contributed by atoms with van der Waals surface area (Å²) in [7, 11) is 0. The summed E-state index contributed by atoms with van der Waals surface area (Å²) in [5.41, 5.74) is 0.438. The molecule has 3 rings (SSSR count). The van der Waals surface area contributed by atoms with Gasteiger partial charge in [0.15, 0.2) is 0 Å². The van der Waals surface area contributed by atoms with E-state index >= 15 is 0 Å². The molecule has 3 aromatic rings. The van der Waals surface area contributed by atoms with Gasteiger partial charge in [0.2, 0.25) is 0 Å². The number of aliphatic carboxylic acids is 1. The van der Waals surface area contributed by atoms with Crippen molar-refractivity contribution in [3.63, 3.8) is 0 Å². The smallest absolute Gasteiger partial charge is 0.433 e. The maximum atomic E-state index is 12.7. The number of nitrogens with zero attached hydrogens (tertiary/aromatic N) is 1. The van der Waals surface area contributed by atoms with Crippen molar-refractivity contribution in [2.75, 3.05) is 0 Å². The fraction of sp³-hybridized carbons (Fsp3) is 0.222. The molecule has 0 amide bonds. The summed E-state index contributed by atoms with van der Waals surface area (Å²) in [6.45, 7) is 1.52. The van der Waals surface area contributed by atoms with Crippen LogP contribution in [-0.2, 0) is 24.0 Å². The number of carbonyl (C=O) groups is 1. The number of hydrogen-bond donors (Lipinski definition) is 1. The summed E-state index contributed by atoms with van der Waals surface area (Å²) in [4.78, 5) is 14.5. The van der Waals surface area contributed by atoms with E-state index in [0.29, 0.717) is 27.3 Å². The molecule has 1 N–H and O–H groups in total. The van der Waals surface area contributed by atoms with E-state index in [2.05, 4.69) is 4.98 Å². The number of aryl methyl sites for hydroxylation is 1. The number of halogens is 4. The predicted molar refractivity (Wildman–Crippen MR) is 96.5 cm³/mol. The number of thiophene rings is 1. The van der Waals surface area contributed by atoms with Gasteiger partial charge in [0, 0.05) is 21.3 Å². The Kier molecular flexibility index (Phi) is 5.30. The molecule has 0 radical (unpaired) electrons. The number of aromatic nitrogens is 1. The van der Waals surface area contributed by atoms with Crippen molar-refractivity contribution in [3.05, 3.63) is 57.2 Å². The lowest BCUT2D eigenvalue weighted by molar-refractivity contribution is -0.141. The Labute approximate surface area is 161 Å². The van der Waals surface area contributed by atoms with Gasteiger partial charge in [-0.15, -0.1) is 11.3 Å². The minimum atomic E-state index is -4.49. The molecule has 0 unspecified atom stereocenters. The SMILES string of the molecule is Cc1nc(C(F)(F)F)ccc1COc1cc(Cl)c2c(CC(=O)O)csc2c1. The third kappa shape index (κ3) is 4.33. The number of carboxylic acid groups (broad SMARTS) is 1. The topological polar surface area (TPSA) is 59.4 Å². The van der Waals surface area contributed by atoms with Crippen LogP contribution in [0.5, 0.6) is 5.75 Å². The number of fused-ring (bicyclic) bond motifs is 1. The van der Waals surface area contributed by atoms with E-state index in [4.69, 9.17) is 21.4 Å². The number of hydrogen-bond acceptors (Lipinski definition) is 4. The highest BCUT2D eigenvalue weighted by Crippen LogP contribution is 2.36. The molecule has 1 aromatic carbocycles. The summed E-state index contributed by atoms with van der Waals surface area (Å²) < 4.78 is 44.5. The third-order valence-corrected chi connectivity index (χ3v) is 5.17. The highest BCUT2D eigenvalue weighted by Gasteiger charge is 2.32. The number of alkyl halides is 3. The summed E-state index contributed by atoms with van der Waals surface area (Å²) >= 11 is 7.62. The van der Waals surface area contributed by atoms with Crippen molar-refractivity contribution >= 4 is 39.0 Å². The van der Waals surface area contributed by atoms with Crippen molar-refractivity contribution in [3.8, 4) is 5.75 Å². The summed E-state index contributed by atoms with van der Waals surface area (Å²) in [6.07, 6.45) is -4.62. The van der Waals surface area contributed by atoms with Crippen LogP contribution in [0.3, 0.4) is 0 Å². The standard InChI is InChI=1S/C18H13ClF3NO3S/c1-9-10(2-3-15(23-9)18(20,21)22)7-26-12-5-13(19)17-11(4-16(24)25)8-27-14(17)6-12/h2-3,5-6,8H,4,7H2,1H3,(H,24,25). The second-order valence-electron chi connectivity index (χ2n) is 5.84. The van der Waals surface area contributed by atoms with Gasteiger partial charge < -0.3 is 9.84 Å². The van der Waals surface area contributed by atoms with Gasteiger partial charge in [-0.1, -0.05) is 17.7 Å². The molecular formula is C18H13ClF3NO3S. The van der Waals surface area contributed by atoms with Gasteiger partial charge in [0.25, 0.3) is 0 Å². The van der Waals surface area contributed by atoms with Crippen LogP contribution in [-0.4, -0.2) is 16.1 Å². The first-order valence-electron chi connectivity index (χ1n) is 7.73. The molecule has 2 aromatic heterocycles. The molecule has 0 spiro atoms. The van der Waals surface area contributed by atoms with Gasteiger partial charge in [-0.2, -0.15) is 13.2 Å². The molecular weight excluding hydrogens is 403 g/mol. The van der Waals surface area contributed by atoms with Crippen LogP contribution in [0.4, 0.5) is 13.2 Å². The van der Waals surface area contributed by atoms with Crippen LogP contribution in [0.15, 0.2) is 29.6 Å². The lowest BCUT2D eigenvalue weighted by Gasteiger charge is -2.12. The molecule has 4 nitrogen and oxygen atoms in total. The third-order valence-electron chi connectivity index (χ3n) is 3.90. The first-order chi connectivity index (χ1) is 12.6. The van der Waals surface area contributed by atoms with Gasteiger partial charge >= 0.3 is 12.1 Å². The molecule has 0 atom stereocenters. The fourth-order valence-electron chi connectivity index (χ4n) is 2.59. The minimum Gasteiger partial charge on any atom is -0.489 e. The van der Waals surface area contributed by atoms with Crippen molar-refractivity contribution in [1.29, 1.82) is 0 Å². The summed E-state index contributed by atoms with van der Waals surface area (Å²) in [6, 6.07) is 5.54. The average Bonchev–Trinajstić information content (AvgIpc) is 2.95. The largest absolute Gasteiger partial charge is 0.489 e. The van der Waals surface area contributed by atoms with Crippen LogP contribution in [0.2, 0.25) is 5.02 Å². The first-order valence-corrected chi connectivity index (χ1v) is 8.99. The highest BCUT2D eigenvalue weighted by molar-refractivity contribution is 7.17. The molecule has 0 bridgehead atoms. The molecule has 142 valence electrons. The zero-order valence-electron chi connectivity index (χ0n) is 13.9. The van der Waals surface area contributed by atoms with Crippen molar-refractivity contribution in [1.82, 2.24) is 4.98 Å². The van der Waals surface area contributed by atoms with E-state index in [1.807, 2.05) is 0 Å². The molecule has 27 heavy (non-hydrogen) atoms. The van der Waals surface area contributed by atoms with E-state index in [-0.39, 0.29) is 18.7 Å². The zero-order valence-corrected chi connectivity index (χ0v) is 15.5. The van der Waals surface area contributed by atoms with Crippen LogP contribution >= 0.6 is 22.9 Å². The lowest BCUT2D eigenvalue weighted by Crippen LogP contribution is -2.10. The lowest BCUT2D eigenvalue weighted by atomic mass is 10.1. The Morgan fingerprint density at radius 3 is 2.67 bits per heavy atom. The van der Waals surface area contributed by atoms with Gasteiger partial charge in [-0.05, 0) is 36.1 Å². The normalized spacial score (nSPS) is 11.7. The Bertz CT molecular complexity index is 1020. The van der Waals surface area contributed by atoms with E-state index in [1.165, 1.54) is 24.3 Å². The zero-order chi connectivity index (χ0) is 19.8. The number of rotatable bonds is 5. The Balaban J connectivity index is 1.81. The monoisotopic (exact) mass is 415 g/mol. The molecule has 0 fully saturated rings. The molecule has 0 saturated carbocycles. The summed E-state index contributed by atoms with van der Waals surface area (Å²) in [5, 5.41) is 11.7. The Morgan fingerprint density at radius 1 is 1.30 bits per heavy atom. The molecule has 9 heteroatoms. The Hall–Kier alpha value is -2.32. The number of ether oxygens (including phenoxy) is 1.